The summed E-state index contributed by atoms with van der Waals surface area (Å²) in [5.74, 6) is 1.00. The van der Waals surface area contributed by atoms with Crippen LogP contribution in [0, 0.1) is 5.92 Å². The van der Waals surface area contributed by atoms with E-state index in [-0.39, 0.29) is 0 Å². The molecule has 0 aromatic heterocycles. The number of hydrogen-bond acceptors (Lipinski definition) is 1. The van der Waals surface area contributed by atoms with Crippen molar-refractivity contribution in [3.63, 3.8) is 0 Å². The molecule has 1 nitrogen and oxygen atoms in total. The molecule has 0 aromatic carbocycles. The van der Waals surface area contributed by atoms with Crippen molar-refractivity contribution in [3.8, 4) is 0 Å². The smallest absolute Gasteiger partial charge is 0.00954 e. The maximum Gasteiger partial charge on any atom is 0.00954 e. The van der Waals surface area contributed by atoms with Gasteiger partial charge in [0.05, 0.1) is 0 Å². The van der Waals surface area contributed by atoms with E-state index in [0.29, 0.717) is 0 Å². The molecule has 0 spiro atoms. The Bertz CT molecular complexity index is 141. The van der Waals surface area contributed by atoms with Gasteiger partial charge in [-0.25, -0.2) is 0 Å². The van der Waals surface area contributed by atoms with Crippen molar-refractivity contribution in [2.75, 3.05) is 13.1 Å². The van der Waals surface area contributed by atoms with E-state index in [2.05, 4.69) is 11.8 Å². The summed E-state index contributed by atoms with van der Waals surface area (Å²) in [5.41, 5.74) is 0. The lowest BCUT2D eigenvalue weighted by Crippen LogP contribution is -2.41. The Morgan fingerprint density at radius 2 is 1.46 bits per heavy atom. The van der Waals surface area contributed by atoms with Crippen molar-refractivity contribution in [2.24, 2.45) is 5.92 Å². The van der Waals surface area contributed by atoms with Gasteiger partial charge in [-0.3, -0.25) is 0 Å². The molecular weight excluding hydrogens is 158 g/mol. The number of piperidine rings is 1. The van der Waals surface area contributed by atoms with Gasteiger partial charge in [0.25, 0.3) is 0 Å². The van der Waals surface area contributed by atoms with Crippen LogP contribution in [0.1, 0.15) is 51.9 Å². The first-order chi connectivity index (χ1) is 6.36. The molecule has 0 atom stereocenters. The van der Waals surface area contributed by atoms with Gasteiger partial charge in [0.1, 0.15) is 0 Å². The van der Waals surface area contributed by atoms with E-state index < -0.39 is 0 Å². The lowest BCUT2D eigenvalue weighted by Gasteiger charge is -2.38. The highest BCUT2D eigenvalue weighted by molar-refractivity contribution is 4.79. The summed E-state index contributed by atoms with van der Waals surface area (Å²) in [7, 11) is 0. The van der Waals surface area contributed by atoms with Crippen molar-refractivity contribution in [2.45, 2.75) is 57.9 Å². The molecule has 0 bridgehead atoms. The van der Waals surface area contributed by atoms with Gasteiger partial charge in [-0.2, -0.15) is 0 Å². The Hall–Kier alpha value is -0.0400. The van der Waals surface area contributed by atoms with Crippen LogP contribution in [-0.2, 0) is 0 Å². The highest BCUT2D eigenvalue weighted by Gasteiger charge is 2.24. The van der Waals surface area contributed by atoms with Crippen molar-refractivity contribution >= 4 is 0 Å². The fourth-order valence-corrected chi connectivity index (χ4v) is 2.89. The zero-order valence-electron chi connectivity index (χ0n) is 8.97. The molecular formula is C12H23N. The topological polar surface area (TPSA) is 3.24 Å². The van der Waals surface area contributed by atoms with Gasteiger partial charge in [-0.1, -0.05) is 13.3 Å². The SMILES string of the molecule is C[C@H]1CC[C@H](N2CCCCC2)CC1. The van der Waals surface area contributed by atoms with Crippen LogP contribution in [0.5, 0.6) is 0 Å². The maximum absolute atomic E-state index is 2.76. The summed E-state index contributed by atoms with van der Waals surface area (Å²) in [6.07, 6.45) is 10.3. The first-order valence-electron chi connectivity index (χ1n) is 6.10. The Balaban J connectivity index is 1.79. The van der Waals surface area contributed by atoms with Crippen LogP contribution in [0.3, 0.4) is 0 Å². The standard InChI is InChI=1S/C12H23N/c1-11-5-7-12(8-6-11)13-9-3-2-4-10-13/h11-12H,2-10H2,1H3/t11-,12-. The van der Waals surface area contributed by atoms with Gasteiger partial charge < -0.3 is 4.90 Å². The number of likely N-dealkylation sites (tertiary alicyclic amines) is 1. The van der Waals surface area contributed by atoms with Gasteiger partial charge in [-0.05, 0) is 57.5 Å². The summed E-state index contributed by atoms with van der Waals surface area (Å²) in [6.45, 7) is 5.19. The third kappa shape index (κ3) is 2.46. The molecule has 13 heavy (non-hydrogen) atoms. The third-order valence-electron chi connectivity index (χ3n) is 3.89. The van der Waals surface area contributed by atoms with Crippen molar-refractivity contribution < 1.29 is 0 Å². The summed E-state index contributed by atoms with van der Waals surface area (Å²) in [6, 6.07) is 0.955. The predicted octanol–water partition coefficient (Wildman–Crippen LogP) is 3.05. The van der Waals surface area contributed by atoms with Crippen LogP contribution in [0.15, 0.2) is 0 Å². The van der Waals surface area contributed by atoms with Crippen LogP contribution in [-0.4, -0.2) is 24.0 Å². The van der Waals surface area contributed by atoms with E-state index in [9.17, 15) is 0 Å². The van der Waals surface area contributed by atoms with Crippen LogP contribution >= 0.6 is 0 Å². The molecule has 1 aliphatic carbocycles. The zero-order chi connectivity index (χ0) is 9.10. The molecule has 2 aliphatic rings. The van der Waals surface area contributed by atoms with Gasteiger partial charge >= 0.3 is 0 Å². The Morgan fingerprint density at radius 3 is 2.08 bits per heavy atom. The average Bonchev–Trinajstić information content (AvgIpc) is 2.20. The van der Waals surface area contributed by atoms with E-state index in [0.717, 1.165) is 12.0 Å². The fourth-order valence-electron chi connectivity index (χ4n) is 2.89. The van der Waals surface area contributed by atoms with Gasteiger partial charge in [0.15, 0.2) is 0 Å². The highest BCUT2D eigenvalue weighted by Crippen LogP contribution is 2.28. The van der Waals surface area contributed by atoms with E-state index in [4.69, 9.17) is 0 Å². The van der Waals surface area contributed by atoms with E-state index in [1.54, 1.807) is 0 Å². The van der Waals surface area contributed by atoms with Crippen molar-refractivity contribution in [3.05, 3.63) is 0 Å². The summed E-state index contributed by atoms with van der Waals surface area (Å²) < 4.78 is 0. The molecule has 0 amide bonds. The van der Waals surface area contributed by atoms with Crippen LogP contribution in [0.2, 0.25) is 0 Å². The molecule has 1 heterocycles. The van der Waals surface area contributed by atoms with E-state index in [1.165, 1.54) is 58.0 Å². The van der Waals surface area contributed by atoms with Crippen molar-refractivity contribution in [1.82, 2.24) is 4.90 Å². The minimum Gasteiger partial charge on any atom is -0.300 e. The van der Waals surface area contributed by atoms with Crippen molar-refractivity contribution in [1.29, 1.82) is 0 Å². The zero-order valence-corrected chi connectivity index (χ0v) is 8.97. The first-order valence-corrected chi connectivity index (χ1v) is 6.10. The summed E-state index contributed by atoms with van der Waals surface area (Å²) in [5, 5.41) is 0. The molecule has 1 saturated heterocycles. The minimum atomic E-state index is 0.955. The molecule has 2 rings (SSSR count). The molecule has 1 aliphatic heterocycles. The number of nitrogens with zero attached hydrogens (tertiary/aromatic N) is 1. The average molecular weight is 181 g/mol. The molecule has 2 fully saturated rings. The Labute approximate surface area is 82.5 Å². The van der Waals surface area contributed by atoms with Crippen LogP contribution in [0.25, 0.3) is 0 Å². The molecule has 0 aromatic rings. The minimum absolute atomic E-state index is 0.955. The Morgan fingerprint density at radius 1 is 0.846 bits per heavy atom. The van der Waals surface area contributed by atoms with E-state index in [1.807, 2.05) is 0 Å². The number of hydrogen-bond donors (Lipinski definition) is 0. The monoisotopic (exact) mass is 181 g/mol. The molecule has 0 radical (unpaired) electrons. The second-order valence-corrected chi connectivity index (χ2v) is 5.01. The highest BCUT2D eigenvalue weighted by atomic mass is 15.2. The largest absolute Gasteiger partial charge is 0.300 e. The third-order valence-corrected chi connectivity index (χ3v) is 3.89. The maximum atomic E-state index is 2.76. The number of rotatable bonds is 1. The quantitative estimate of drug-likeness (QED) is 0.601. The second kappa shape index (κ2) is 4.45. The fraction of sp³-hybridized carbons (Fsp3) is 1.00. The lowest BCUT2D eigenvalue weighted by molar-refractivity contribution is 0.118. The molecule has 1 saturated carbocycles. The lowest BCUT2D eigenvalue weighted by atomic mass is 9.86. The molecule has 76 valence electrons. The van der Waals surface area contributed by atoms with E-state index >= 15 is 0 Å². The second-order valence-electron chi connectivity index (χ2n) is 5.01. The predicted molar refractivity (Wildman–Crippen MR) is 56.8 cm³/mol. The summed E-state index contributed by atoms with van der Waals surface area (Å²) in [4.78, 5) is 2.76. The molecule has 1 heteroatoms. The van der Waals surface area contributed by atoms with Crippen LogP contribution < -0.4 is 0 Å². The van der Waals surface area contributed by atoms with Crippen LogP contribution in [0.4, 0.5) is 0 Å². The van der Waals surface area contributed by atoms with Gasteiger partial charge in [0, 0.05) is 6.04 Å². The first kappa shape index (κ1) is 9.51. The van der Waals surface area contributed by atoms with Gasteiger partial charge in [-0.15, -0.1) is 0 Å². The normalized spacial score (nSPS) is 37.6. The summed E-state index contributed by atoms with van der Waals surface area (Å²) >= 11 is 0. The molecule has 0 N–H and O–H groups in total. The Kier molecular flexibility index (Phi) is 3.26. The molecule has 0 unspecified atom stereocenters. The van der Waals surface area contributed by atoms with Gasteiger partial charge in [0.2, 0.25) is 0 Å².